The van der Waals surface area contributed by atoms with Gasteiger partial charge in [-0.2, -0.15) is 0 Å². The zero-order valence-electron chi connectivity index (χ0n) is 7.90. The number of carbonyl (C=O) groups is 1. The number of rotatable bonds is 2. The first-order valence-electron chi connectivity index (χ1n) is 4.24. The summed E-state index contributed by atoms with van der Waals surface area (Å²) in [7, 11) is 0. The molecule has 1 aromatic rings. The molecule has 0 aromatic heterocycles. The molecular weight excluding hydrogens is 209 g/mol. The zero-order chi connectivity index (χ0) is 11.4. The quantitative estimate of drug-likeness (QED) is 0.734. The fourth-order valence-corrected chi connectivity index (χ4v) is 0.945. The highest BCUT2D eigenvalue weighted by Crippen LogP contribution is 2.17. The highest BCUT2D eigenvalue weighted by atomic mass is 19.2. The summed E-state index contributed by atoms with van der Waals surface area (Å²) >= 11 is 0. The largest absolute Gasteiger partial charge is 0.338 e. The Morgan fingerprint density at radius 1 is 1.20 bits per heavy atom. The third-order valence-electron chi connectivity index (χ3n) is 1.60. The Labute approximate surface area is 84.3 Å². The second-order valence-electron chi connectivity index (χ2n) is 2.73. The van der Waals surface area contributed by atoms with E-state index in [-0.39, 0.29) is 0 Å². The first kappa shape index (κ1) is 11.4. The summed E-state index contributed by atoms with van der Waals surface area (Å²) in [5.74, 6) is -3.54. The first-order chi connectivity index (χ1) is 7.04. The van der Waals surface area contributed by atoms with E-state index in [9.17, 15) is 18.0 Å². The van der Waals surface area contributed by atoms with Crippen LogP contribution < -0.4 is 10.6 Å². The lowest BCUT2D eigenvalue weighted by Crippen LogP contribution is -2.28. The van der Waals surface area contributed by atoms with Crippen molar-refractivity contribution in [3.8, 4) is 0 Å². The molecule has 0 saturated heterocycles. The van der Waals surface area contributed by atoms with Gasteiger partial charge in [0, 0.05) is 18.7 Å². The molecule has 1 aromatic carbocycles. The summed E-state index contributed by atoms with van der Waals surface area (Å²) in [4.78, 5) is 11.0. The number of carbonyl (C=O) groups excluding carboxylic acids is 1. The summed E-state index contributed by atoms with van der Waals surface area (Å²) in [6, 6.07) is 0.277. The number of hydrogen-bond acceptors (Lipinski definition) is 1. The van der Waals surface area contributed by atoms with Gasteiger partial charge >= 0.3 is 6.03 Å². The van der Waals surface area contributed by atoms with E-state index in [0.29, 0.717) is 18.7 Å². The molecule has 82 valence electrons. The van der Waals surface area contributed by atoms with Crippen molar-refractivity contribution in [3.05, 3.63) is 29.6 Å². The Balaban J connectivity index is 2.86. The Morgan fingerprint density at radius 3 is 2.40 bits per heavy atom. The standard InChI is InChI=1S/C9H9F3N2O/c1-2-13-9(15)14-8-4-6(11)5(10)3-7(8)12/h3-4H,2H2,1H3,(H2,13,14,15). The monoisotopic (exact) mass is 218 g/mol. The minimum Gasteiger partial charge on any atom is -0.338 e. The molecule has 0 radical (unpaired) electrons. The second-order valence-corrected chi connectivity index (χ2v) is 2.73. The van der Waals surface area contributed by atoms with Gasteiger partial charge in [-0.15, -0.1) is 0 Å². The SMILES string of the molecule is CCNC(=O)Nc1cc(F)c(F)cc1F. The number of nitrogens with one attached hydrogen (secondary N) is 2. The van der Waals surface area contributed by atoms with Gasteiger partial charge in [0.25, 0.3) is 0 Å². The van der Waals surface area contributed by atoms with Crippen molar-refractivity contribution in [2.45, 2.75) is 6.92 Å². The van der Waals surface area contributed by atoms with Crippen LogP contribution in [0.15, 0.2) is 12.1 Å². The molecule has 3 nitrogen and oxygen atoms in total. The van der Waals surface area contributed by atoms with Crippen molar-refractivity contribution >= 4 is 11.7 Å². The van der Waals surface area contributed by atoms with Crippen molar-refractivity contribution in [2.24, 2.45) is 0 Å². The lowest BCUT2D eigenvalue weighted by atomic mass is 10.3. The number of anilines is 1. The minimum atomic E-state index is -1.30. The van der Waals surface area contributed by atoms with E-state index in [0.717, 1.165) is 0 Å². The van der Waals surface area contributed by atoms with Crippen LogP contribution in [0.25, 0.3) is 0 Å². The molecular formula is C9H9F3N2O. The maximum atomic E-state index is 13.0. The fraction of sp³-hybridized carbons (Fsp3) is 0.222. The van der Waals surface area contributed by atoms with Crippen LogP contribution >= 0.6 is 0 Å². The van der Waals surface area contributed by atoms with Crippen LogP contribution in [0.2, 0.25) is 0 Å². The average Bonchev–Trinajstić information content (AvgIpc) is 2.14. The van der Waals surface area contributed by atoms with Crippen LogP contribution in [0.4, 0.5) is 23.7 Å². The summed E-state index contributed by atoms with van der Waals surface area (Å²) in [6.07, 6.45) is 0. The van der Waals surface area contributed by atoms with Gasteiger partial charge in [0.1, 0.15) is 5.82 Å². The van der Waals surface area contributed by atoms with Gasteiger partial charge in [0.05, 0.1) is 5.69 Å². The van der Waals surface area contributed by atoms with E-state index >= 15 is 0 Å². The molecule has 2 N–H and O–H groups in total. The summed E-state index contributed by atoms with van der Waals surface area (Å²) in [5, 5.41) is 4.37. The number of benzene rings is 1. The predicted octanol–water partition coefficient (Wildman–Crippen LogP) is 2.25. The van der Waals surface area contributed by atoms with Crippen LogP contribution in [-0.2, 0) is 0 Å². The van der Waals surface area contributed by atoms with Crippen LogP contribution in [0, 0.1) is 17.5 Å². The molecule has 15 heavy (non-hydrogen) atoms. The molecule has 2 amide bonds. The molecule has 0 saturated carbocycles. The number of hydrogen-bond donors (Lipinski definition) is 2. The normalized spacial score (nSPS) is 9.87. The van der Waals surface area contributed by atoms with Crippen LogP contribution in [0.3, 0.4) is 0 Å². The van der Waals surface area contributed by atoms with Crippen molar-refractivity contribution in [3.63, 3.8) is 0 Å². The average molecular weight is 218 g/mol. The van der Waals surface area contributed by atoms with Crippen molar-refractivity contribution in [2.75, 3.05) is 11.9 Å². The molecule has 0 heterocycles. The van der Waals surface area contributed by atoms with Crippen molar-refractivity contribution in [1.29, 1.82) is 0 Å². The van der Waals surface area contributed by atoms with E-state index < -0.39 is 29.2 Å². The molecule has 0 aliphatic carbocycles. The number of urea groups is 1. The van der Waals surface area contributed by atoms with Gasteiger partial charge in [-0.1, -0.05) is 0 Å². The third kappa shape index (κ3) is 2.87. The molecule has 1 rings (SSSR count). The Hall–Kier alpha value is -1.72. The van der Waals surface area contributed by atoms with E-state index in [1.165, 1.54) is 0 Å². The van der Waals surface area contributed by atoms with Crippen molar-refractivity contribution < 1.29 is 18.0 Å². The highest BCUT2D eigenvalue weighted by Gasteiger charge is 2.11. The Morgan fingerprint density at radius 2 is 1.80 bits per heavy atom. The predicted molar refractivity (Wildman–Crippen MR) is 49.0 cm³/mol. The minimum absolute atomic E-state index is 0.344. The first-order valence-corrected chi connectivity index (χ1v) is 4.24. The van der Waals surface area contributed by atoms with Crippen LogP contribution in [0.1, 0.15) is 6.92 Å². The van der Waals surface area contributed by atoms with Gasteiger partial charge in [0.15, 0.2) is 11.6 Å². The van der Waals surface area contributed by atoms with E-state index in [2.05, 4.69) is 5.32 Å². The highest BCUT2D eigenvalue weighted by molar-refractivity contribution is 5.89. The van der Waals surface area contributed by atoms with Gasteiger partial charge in [-0.3, -0.25) is 0 Å². The maximum absolute atomic E-state index is 13.0. The Kier molecular flexibility index (Phi) is 3.54. The molecule has 0 atom stereocenters. The maximum Gasteiger partial charge on any atom is 0.319 e. The number of amides is 2. The Bertz CT molecular complexity index is 382. The van der Waals surface area contributed by atoms with Crippen LogP contribution in [0.5, 0.6) is 0 Å². The van der Waals surface area contributed by atoms with Gasteiger partial charge in [-0.05, 0) is 6.92 Å². The molecule has 0 unspecified atom stereocenters. The smallest absolute Gasteiger partial charge is 0.319 e. The van der Waals surface area contributed by atoms with E-state index in [1.807, 2.05) is 5.32 Å². The van der Waals surface area contributed by atoms with Gasteiger partial charge in [0.2, 0.25) is 0 Å². The fourth-order valence-electron chi connectivity index (χ4n) is 0.945. The van der Waals surface area contributed by atoms with Gasteiger partial charge in [-0.25, -0.2) is 18.0 Å². The van der Waals surface area contributed by atoms with Crippen molar-refractivity contribution in [1.82, 2.24) is 5.32 Å². The summed E-state index contributed by atoms with van der Waals surface area (Å²) < 4.78 is 38.2. The third-order valence-corrected chi connectivity index (χ3v) is 1.60. The summed E-state index contributed by atoms with van der Waals surface area (Å²) in [6.45, 7) is 2.01. The molecule has 0 fully saturated rings. The lowest BCUT2D eigenvalue weighted by molar-refractivity contribution is 0.252. The lowest BCUT2D eigenvalue weighted by Gasteiger charge is -2.07. The van der Waals surface area contributed by atoms with Gasteiger partial charge < -0.3 is 10.6 Å². The molecule has 0 bridgehead atoms. The summed E-state index contributed by atoms with van der Waals surface area (Å²) in [5.41, 5.74) is -0.403. The molecule has 0 aliphatic heterocycles. The molecule has 0 aliphatic rings. The molecule has 6 heteroatoms. The topological polar surface area (TPSA) is 41.1 Å². The number of halogens is 3. The molecule has 0 spiro atoms. The zero-order valence-corrected chi connectivity index (χ0v) is 7.90. The van der Waals surface area contributed by atoms with E-state index in [1.54, 1.807) is 6.92 Å². The second kappa shape index (κ2) is 4.68. The van der Waals surface area contributed by atoms with Crippen LogP contribution in [-0.4, -0.2) is 12.6 Å². The van der Waals surface area contributed by atoms with E-state index in [4.69, 9.17) is 0 Å².